The van der Waals surface area contributed by atoms with Gasteiger partial charge in [-0.15, -0.1) is 0 Å². The predicted octanol–water partition coefficient (Wildman–Crippen LogP) is 1.33. The SMILES string of the molecule is O=C(c1cc(F)ccc1-c1ncccn1)N1CC2CNCC21. The van der Waals surface area contributed by atoms with Gasteiger partial charge in [0, 0.05) is 43.5 Å². The Kier molecular flexibility index (Phi) is 3.11. The lowest BCUT2D eigenvalue weighted by Gasteiger charge is -2.44. The van der Waals surface area contributed by atoms with Gasteiger partial charge in [0.15, 0.2) is 5.82 Å². The molecular weight excluding hydrogens is 283 g/mol. The van der Waals surface area contributed by atoms with Crippen molar-refractivity contribution in [1.29, 1.82) is 0 Å². The molecular formula is C16H15FN4O. The number of carbonyl (C=O) groups is 1. The third-order valence-corrected chi connectivity index (χ3v) is 4.42. The Morgan fingerprint density at radius 3 is 2.86 bits per heavy atom. The standard InChI is InChI=1S/C16H15FN4O/c17-11-2-3-12(15-19-4-1-5-20-15)13(6-11)16(22)21-9-10-7-18-8-14(10)21/h1-6,10,14,18H,7-9H2. The molecule has 0 spiro atoms. The van der Waals surface area contributed by atoms with E-state index in [-0.39, 0.29) is 11.9 Å². The summed E-state index contributed by atoms with van der Waals surface area (Å²) in [6, 6.07) is 6.11. The topological polar surface area (TPSA) is 58.1 Å². The van der Waals surface area contributed by atoms with E-state index in [0.717, 1.165) is 19.6 Å². The van der Waals surface area contributed by atoms with Gasteiger partial charge in [-0.2, -0.15) is 0 Å². The molecule has 1 N–H and O–H groups in total. The zero-order chi connectivity index (χ0) is 15.1. The van der Waals surface area contributed by atoms with Crippen molar-refractivity contribution in [3.8, 4) is 11.4 Å². The Labute approximate surface area is 127 Å². The van der Waals surface area contributed by atoms with Crippen molar-refractivity contribution in [1.82, 2.24) is 20.2 Å². The Balaban J connectivity index is 1.71. The van der Waals surface area contributed by atoms with Crippen LogP contribution in [0.4, 0.5) is 4.39 Å². The molecule has 2 unspecified atom stereocenters. The molecule has 2 aliphatic heterocycles. The molecule has 2 saturated heterocycles. The quantitative estimate of drug-likeness (QED) is 0.908. The maximum atomic E-state index is 13.7. The van der Waals surface area contributed by atoms with Crippen LogP contribution in [0.15, 0.2) is 36.7 Å². The second kappa shape index (κ2) is 5.14. The summed E-state index contributed by atoms with van der Waals surface area (Å²) in [6.45, 7) is 2.48. The van der Waals surface area contributed by atoms with Crippen molar-refractivity contribution in [2.45, 2.75) is 6.04 Å². The second-order valence-corrected chi connectivity index (χ2v) is 5.71. The van der Waals surface area contributed by atoms with E-state index >= 15 is 0 Å². The lowest BCUT2D eigenvalue weighted by molar-refractivity contribution is 0.0328. The fourth-order valence-electron chi connectivity index (χ4n) is 3.24. The van der Waals surface area contributed by atoms with Crippen molar-refractivity contribution in [3.63, 3.8) is 0 Å². The van der Waals surface area contributed by atoms with E-state index in [9.17, 15) is 9.18 Å². The largest absolute Gasteiger partial charge is 0.334 e. The summed E-state index contributed by atoms with van der Waals surface area (Å²) in [5, 5.41) is 3.29. The number of amides is 1. The smallest absolute Gasteiger partial charge is 0.255 e. The highest BCUT2D eigenvalue weighted by Gasteiger charge is 2.45. The van der Waals surface area contributed by atoms with Crippen LogP contribution in [0.3, 0.4) is 0 Å². The Hall–Kier alpha value is -2.34. The molecule has 2 fully saturated rings. The van der Waals surface area contributed by atoms with Crippen molar-refractivity contribution < 1.29 is 9.18 Å². The summed E-state index contributed by atoms with van der Waals surface area (Å²) in [6.07, 6.45) is 3.22. The minimum Gasteiger partial charge on any atom is -0.334 e. The van der Waals surface area contributed by atoms with Gasteiger partial charge in [-0.1, -0.05) is 0 Å². The normalized spacial score (nSPS) is 23.0. The number of aromatic nitrogens is 2. The second-order valence-electron chi connectivity index (χ2n) is 5.71. The zero-order valence-corrected chi connectivity index (χ0v) is 11.9. The molecule has 6 heteroatoms. The first-order chi connectivity index (χ1) is 10.7. The van der Waals surface area contributed by atoms with Crippen molar-refractivity contribution >= 4 is 5.91 Å². The first-order valence-electron chi connectivity index (χ1n) is 7.32. The lowest BCUT2D eigenvalue weighted by Crippen LogP contribution is -2.58. The molecule has 0 saturated carbocycles. The van der Waals surface area contributed by atoms with E-state index in [1.807, 2.05) is 4.90 Å². The molecule has 2 atom stereocenters. The highest BCUT2D eigenvalue weighted by atomic mass is 19.1. The van der Waals surface area contributed by atoms with Crippen LogP contribution in [0.25, 0.3) is 11.4 Å². The number of fused-ring (bicyclic) bond motifs is 1. The Morgan fingerprint density at radius 1 is 1.27 bits per heavy atom. The van der Waals surface area contributed by atoms with E-state index in [2.05, 4.69) is 15.3 Å². The molecule has 1 aromatic carbocycles. The molecule has 2 aromatic rings. The van der Waals surface area contributed by atoms with Gasteiger partial charge in [0.25, 0.3) is 5.91 Å². The third-order valence-electron chi connectivity index (χ3n) is 4.42. The monoisotopic (exact) mass is 298 g/mol. The molecule has 3 heterocycles. The number of rotatable bonds is 2. The maximum absolute atomic E-state index is 13.7. The molecule has 0 bridgehead atoms. The predicted molar refractivity (Wildman–Crippen MR) is 78.6 cm³/mol. The Bertz CT molecular complexity index is 721. The fraction of sp³-hybridized carbons (Fsp3) is 0.312. The minimum atomic E-state index is -0.426. The average Bonchev–Trinajstić information content (AvgIpc) is 2.89. The first kappa shape index (κ1) is 13.3. The maximum Gasteiger partial charge on any atom is 0.255 e. The van der Waals surface area contributed by atoms with E-state index in [1.165, 1.54) is 12.1 Å². The summed E-state index contributed by atoms with van der Waals surface area (Å²) in [5.74, 6) is 0.387. The van der Waals surface area contributed by atoms with Gasteiger partial charge in [0.1, 0.15) is 5.82 Å². The van der Waals surface area contributed by atoms with Crippen LogP contribution >= 0.6 is 0 Å². The minimum absolute atomic E-state index is 0.146. The lowest BCUT2D eigenvalue weighted by atomic mass is 9.90. The number of benzene rings is 1. The van der Waals surface area contributed by atoms with Crippen LogP contribution in [-0.2, 0) is 0 Å². The number of hydrogen-bond donors (Lipinski definition) is 1. The number of nitrogens with zero attached hydrogens (tertiary/aromatic N) is 3. The number of likely N-dealkylation sites (tertiary alicyclic amines) is 1. The average molecular weight is 298 g/mol. The van der Waals surface area contributed by atoms with Crippen LogP contribution in [0, 0.1) is 11.7 Å². The molecule has 5 nitrogen and oxygen atoms in total. The highest BCUT2D eigenvalue weighted by Crippen LogP contribution is 2.31. The van der Waals surface area contributed by atoms with Gasteiger partial charge >= 0.3 is 0 Å². The zero-order valence-electron chi connectivity index (χ0n) is 11.9. The fourth-order valence-corrected chi connectivity index (χ4v) is 3.24. The van der Waals surface area contributed by atoms with E-state index < -0.39 is 5.82 Å². The van der Waals surface area contributed by atoms with Gasteiger partial charge in [-0.3, -0.25) is 4.79 Å². The van der Waals surface area contributed by atoms with Gasteiger partial charge in [0.2, 0.25) is 0 Å². The number of halogens is 1. The number of carbonyl (C=O) groups excluding carboxylic acids is 1. The summed E-state index contributed by atoms with van der Waals surface area (Å²) in [4.78, 5) is 23.0. The van der Waals surface area contributed by atoms with Crippen LogP contribution in [0.2, 0.25) is 0 Å². The van der Waals surface area contributed by atoms with Crippen LogP contribution in [0.5, 0.6) is 0 Å². The number of nitrogens with one attached hydrogen (secondary N) is 1. The van der Waals surface area contributed by atoms with Gasteiger partial charge in [-0.25, -0.2) is 14.4 Å². The Morgan fingerprint density at radius 2 is 2.09 bits per heavy atom. The van der Waals surface area contributed by atoms with Crippen LogP contribution in [0.1, 0.15) is 10.4 Å². The van der Waals surface area contributed by atoms with E-state index in [1.54, 1.807) is 24.5 Å². The van der Waals surface area contributed by atoms with Gasteiger partial charge in [-0.05, 0) is 24.3 Å². The molecule has 1 amide bonds. The number of hydrogen-bond acceptors (Lipinski definition) is 4. The molecule has 2 aliphatic rings. The van der Waals surface area contributed by atoms with Gasteiger partial charge < -0.3 is 10.2 Å². The first-order valence-corrected chi connectivity index (χ1v) is 7.32. The highest BCUT2D eigenvalue weighted by molar-refractivity contribution is 6.00. The molecule has 112 valence electrons. The van der Waals surface area contributed by atoms with Crippen LogP contribution in [-0.4, -0.2) is 46.5 Å². The summed E-state index contributed by atoms with van der Waals surface area (Å²) in [7, 11) is 0. The molecule has 22 heavy (non-hydrogen) atoms. The molecule has 0 radical (unpaired) electrons. The summed E-state index contributed by atoms with van der Waals surface area (Å²) >= 11 is 0. The van der Waals surface area contributed by atoms with Gasteiger partial charge in [0.05, 0.1) is 11.6 Å². The summed E-state index contributed by atoms with van der Waals surface area (Å²) < 4.78 is 13.7. The van der Waals surface area contributed by atoms with E-state index in [0.29, 0.717) is 22.9 Å². The third kappa shape index (κ3) is 2.07. The summed E-state index contributed by atoms with van der Waals surface area (Å²) in [5.41, 5.74) is 0.901. The van der Waals surface area contributed by atoms with Crippen molar-refractivity contribution in [3.05, 3.63) is 48.0 Å². The molecule has 4 rings (SSSR count). The molecule has 1 aromatic heterocycles. The van der Waals surface area contributed by atoms with Crippen LogP contribution < -0.4 is 5.32 Å². The van der Waals surface area contributed by atoms with E-state index in [4.69, 9.17) is 0 Å². The van der Waals surface area contributed by atoms with Crippen molar-refractivity contribution in [2.75, 3.05) is 19.6 Å². The van der Waals surface area contributed by atoms with Crippen molar-refractivity contribution in [2.24, 2.45) is 5.92 Å². The molecule has 0 aliphatic carbocycles.